The maximum Gasteiger partial charge on any atom is 0.271 e. The second-order valence-electron chi connectivity index (χ2n) is 9.96. The van der Waals surface area contributed by atoms with Gasteiger partial charge in [-0.15, -0.1) is 0 Å². The summed E-state index contributed by atoms with van der Waals surface area (Å²) < 4.78 is 41.5. The summed E-state index contributed by atoms with van der Waals surface area (Å²) in [4.78, 5) is 39.6. The van der Waals surface area contributed by atoms with Gasteiger partial charge in [0.15, 0.2) is 0 Å². The molecule has 1 unspecified atom stereocenters. The molecule has 0 radical (unpaired) electrons. The number of sulfonamides is 1. The molecule has 224 valence electrons. The van der Waals surface area contributed by atoms with Crippen molar-refractivity contribution >= 4 is 33.2 Å². The third-order valence-electron chi connectivity index (χ3n) is 6.75. The molecule has 0 aromatic heterocycles. The highest BCUT2D eigenvalue weighted by Crippen LogP contribution is 2.28. The monoisotopic (exact) mass is 598 g/mol. The number of carbonyl (C=O) groups is 2. The number of aryl methyl sites for hydroxylation is 1. The number of benzene rings is 3. The minimum Gasteiger partial charge on any atom is -0.354 e. The summed E-state index contributed by atoms with van der Waals surface area (Å²) >= 11 is 0. The lowest BCUT2D eigenvalue weighted by molar-refractivity contribution is -0.384. The number of hydrogen-bond acceptors (Lipinski definition) is 6. The minimum absolute atomic E-state index is 0.0436. The van der Waals surface area contributed by atoms with Gasteiger partial charge in [0.25, 0.3) is 5.69 Å². The van der Waals surface area contributed by atoms with Crippen LogP contribution in [0.5, 0.6) is 0 Å². The maximum atomic E-state index is 14.8. The van der Waals surface area contributed by atoms with Crippen molar-refractivity contribution in [3.63, 3.8) is 0 Å². The molecule has 12 heteroatoms. The molecular weight excluding hydrogens is 563 g/mol. The summed E-state index contributed by atoms with van der Waals surface area (Å²) in [6.07, 6.45) is 2.51. The van der Waals surface area contributed by atoms with Crippen LogP contribution >= 0.6 is 0 Å². The summed E-state index contributed by atoms with van der Waals surface area (Å²) in [5.41, 5.74) is 0.879. The molecule has 0 heterocycles. The van der Waals surface area contributed by atoms with Gasteiger partial charge in [0.1, 0.15) is 18.4 Å². The van der Waals surface area contributed by atoms with E-state index in [1.807, 2.05) is 13.0 Å². The van der Waals surface area contributed by atoms with Crippen LogP contribution in [0.25, 0.3) is 0 Å². The lowest BCUT2D eigenvalue weighted by Gasteiger charge is -2.33. The second kappa shape index (κ2) is 14.5. The standard InChI is InChI=1S/C30H35FN4O6S/c1-4-5-17-32-30(37)28(18-23-11-7-6-8-12-23)33(20-24-13-9-10-14-26(24)31)29(36)21-34(42(3,40)41)27-19-25(35(38)39)16-15-22(27)2/h6-16,19,28H,4-5,17-18,20-21H2,1-3H3,(H,32,37). The molecule has 3 aromatic carbocycles. The van der Waals surface area contributed by atoms with Crippen molar-refractivity contribution in [2.75, 3.05) is 23.7 Å². The van der Waals surface area contributed by atoms with Crippen LogP contribution in [0.4, 0.5) is 15.8 Å². The van der Waals surface area contributed by atoms with Crippen LogP contribution < -0.4 is 9.62 Å². The van der Waals surface area contributed by atoms with Gasteiger partial charge in [-0.05, 0) is 30.5 Å². The topological polar surface area (TPSA) is 130 Å². The highest BCUT2D eigenvalue weighted by molar-refractivity contribution is 7.92. The number of anilines is 1. The molecule has 42 heavy (non-hydrogen) atoms. The SMILES string of the molecule is CCCCNC(=O)C(Cc1ccccc1)N(Cc1ccccc1F)C(=O)CN(c1cc([N+](=O)[O-])ccc1C)S(C)(=O)=O. The van der Waals surface area contributed by atoms with Gasteiger partial charge < -0.3 is 10.2 Å². The van der Waals surface area contributed by atoms with E-state index in [1.165, 1.54) is 35.2 Å². The van der Waals surface area contributed by atoms with Gasteiger partial charge >= 0.3 is 0 Å². The first-order valence-corrected chi connectivity index (χ1v) is 15.3. The first-order valence-electron chi connectivity index (χ1n) is 13.5. The van der Waals surface area contributed by atoms with E-state index in [2.05, 4.69) is 5.32 Å². The van der Waals surface area contributed by atoms with Crippen molar-refractivity contribution in [3.05, 3.63) is 105 Å². The zero-order valence-corrected chi connectivity index (χ0v) is 24.6. The number of nitro benzene ring substituents is 1. The predicted molar refractivity (Wildman–Crippen MR) is 159 cm³/mol. The Bertz CT molecular complexity index is 1520. The smallest absolute Gasteiger partial charge is 0.271 e. The van der Waals surface area contributed by atoms with E-state index >= 15 is 0 Å². The lowest BCUT2D eigenvalue weighted by Crippen LogP contribution is -2.53. The normalized spacial score (nSPS) is 11.9. The van der Waals surface area contributed by atoms with Crippen molar-refractivity contribution in [1.29, 1.82) is 0 Å². The second-order valence-corrected chi connectivity index (χ2v) is 11.9. The zero-order valence-electron chi connectivity index (χ0n) is 23.8. The molecule has 0 aliphatic carbocycles. The average Bonchev–Trinajstić information content (AvgIpc) is 2.94. The average molecular weight is 599 g/mol. The number of carbonyl (C=O) groups excluding carboxylic acids is 2. The summed E-state index contributed by atoms with van der Waals surface area (Å²) in [7, 11) is -4.13. The Morgan fingerprint density at radius 2 is 1.71 bits per heavy atom. The fraction of sp³-hybridized carbons (Fsp3) is 0.333. The molecule has 0 spiro atoms. The Kier molecular flexibility index (Phi) is 11.1. The highest BCUT2D eigenvalue weighted by atomic mass is 32.2. The Labute approximate surface area is 245 Å². The summed E-state index contributed by atoms with van der Waals surface area (Å²) in [6.45, 7) is 2.83. The van der Waals surface area contributed by atoms with E-state index in [-0.39, 0.29) is 29.9 Å². The quantitative estimate of drug-likeness (QED) is 0.167. The number of unbranched alkanes of at least 4 members (excludes halogenated alkanes) is 1. The van der Waals surface area contributed by atoms with Crippen molar-refractivity contribution in [2.24, 2.45) is 0 Å². The van der Waals surface area contributed by atoms with Crippen LogP contribution in [-0.4, -0.2) is 55.4 Å². The fourth-order valence-electron chi connectivity index (χ4n) is 4.45. The number of rotatable bonds is 14. The third-order valence-corrected chi connectivity index (χ3v) is 7.88. The van der Waals surface area contributed by atoms with Gasteiger partial charge in [-0.2, -0.15) is 0 Å². The first kappa shape index (κ1) is 32.2. The molecule has 1 atom stereocenters. The van der Waals surface area contributed by atoms with Gasteiger partial charge in [0.2, 0.25) is 21.8 Å². The summed E-state index contributed by atoms with van der Waals surface area (Å²) in [5.74, 6) is -1.83. The number of non-ortho nitro benzene ring substituents is 1. The van der Waals surface area contributed by atoms with Gasteiger partial charge in [0.05, 0.1) is 16.9 Å². The molecule has 3 aromatic rings. The molecule has 3 rings (SSSR count). The van der Waals surface area contributed by atoms with Crippen molar-refractivity contribution in [1.82, 2.24) is 10.2 Å². The van der Waals surface area contributed by atoms with Crippen molar-refractivity contribution < 1.29 is 27.3 Å². The highest BCUT2D eigenvalue weighted by Gasteiger charge is 2.34. The first-order chi connectivity index (χ1) is 19.9. The van der Waals surface area contributed by atoms with Crippen LogP contribution in [0.2, 0.25) is 0 Å². The molecule has 0 saturated heterocycles. The van der Waals surface area contributed by atoms with Crippen molar-refractivity contribution in [2.45, 2.75) is 45.7 Å². The molecule has 0 aliphatic heterocycles. The Morgan fingerprint density at radius 3 is 2.33 bits per heavy atom. The fourth-order valence-corrected chi connectivity index (χ4v) is 5.34. The van der Waals surface area contributed by atoms with Crippen LogP contribution in [0, 0.1) is 22.9 Å². The van der Waals surface area contributed by atoms with E-state index in [1.54, 1.807) is 37.3 Å². The Morgan fingerprint density at radius 1 is 1.05 bits per heavy atom. The van der Waals surface area contributed by atoms with Crippen LogP contribution in [-0.2, 0) is 32.6 Å². The van der Waals surface area contributed by atoms with Gasteiger partial charge in [0, 0.05) is 37.2 Å². The van der Waals surface area contributed by atoms with Crippen LogP contribution in [0.3, 0.4) is 0 Å². The minimum atomic E-state index is -4.13. The van der Waals surface area contributed by atoms with E-state index < -0.39 is 45.2 Å². The molecule has 0 fully saturated rings. The van der Waals surface area contributed by atoms with E-state index in [4.69, 9.17) is 0 Å². The van der Waals surface area contributed by atoms with E-state index in [0.29, 0.717) is 18.5 Å². The molecular formula is C30H35FN4O6S. The zero-order chi connectivity index (χ0) is 30.9. The summed E-state index contributed by atoms with van der Waals surface area (Å²) in [5, 5.41) is 14.3. The number of nitro groups is 1. The number of nitrogens with one attached hydrogen (secondary N) is 1. The van der Waals surface area contributed by atoms with Crippen LogP contribution in [0.15, 0.2) is 72.8 Å². The molecule has 10 nitrogen and oxygen atoms in total. The van der Waals surface area contributed by atoms with E-state index in [0.717, 1.165) is 28.6 Å². The van der Waals surface area contributed by atoms with Crippen molar-refractivity contribution in [3.8, 4) is 0 Å². The molecule has 0 bridgehead atoms. The largest absolute Gasteiger partial charge is 0.354 e. The molecule has 0 saturated carbocycles. The molecule has 1 N–H and O–H groups in total. The van der Waals surface area contributed by atoms with Gasteiger partial charge in [-0.1, -0.05) is 67.9 Å². The number of halogens is 1. The number of nitrogens with zero attached hydrogens (tertiary/aromatic N) is 3. The van der Waals surface area contributed by atoms with E-state index in [9.17, 15) is 32.5 Å². The predicted octanol–water partition coefficient (Wildman–Crippen LogP) is 4.36. The van der Waals surface area contributed by atoms with Gasteiger partial charge in [-0.3, -0.25) is 24.0 Å². The maximum absolute atomic E-state index is 14.8. The number of hydrogen-bond donors (Lipinski definition) is 1. The molecule has 2 amide bonds. The van der Waals surface area contributed by atoms with Gasteiger partial charge in [-0.25, -0.2) is 12.8 Å². The summed E-state index contributed by atoms with van der Waals surface area (Å²) in [6, 6.07) is 17.4. The Hall–Kier alpha value is -4.32. The third kappa shape index (κ3) is 8.59. The van der Waals surface area contributed by atoms with Crippen LogP contribution in [0.1, 0.15) is 36.5 Å². The Balaban J connectivity index is 2.10. The lowest BCUT2D eigenvalue weighted by atomic mass is 10.0. The molecule has 0 aliphatic rings. The number of amides is 2.